The van der Waals surface area contributed by atoms with Crippen molar-refractivity contribution in [2.24, 2.45) is 0 Å². The molecule has 2 aliphatic heterocycles. The molecule has 0 radical (unpaired) electrons. The zero-order chi connectivity index (χ0) is 23.2. The van der Waals surface area contributed by atoms with Crippen molar-refractivity contribution in [1.29, 1.82) is 0 Å². The van der Waals surface area contributed by atoms with Gasteiger partial charge in [0.05, 0.1) is 32.1 Å². The van der Waals surface area contributed by atoms with E-state index in [4.69, 9.17) is 19.4 Å². The van der Waals surface area contributed by atoms with E-state index in [9.17, 15) is 9.59 Å². The number of benzene rings is 1. The predicted octanol–water partition coefficient (Wildman–Crippen LogP) is 2.64. The molecule has 0 aliphatic carbocycles. The second-order valence-corrected chi connectivity index (χ2v) is 7.79. The van der Waals surface area contributed by atoms with Crippen LogP contribution in [0, 0.1) is 0 Å². The van der Waals surface area contributed by atoms with Crippen LogP contribution in [0.1, 0.15) is 25.1 Å². The van der Waals surface area contributed by atoms with Crippen LogP contribution in [0.15, 0.2) is 24.3 Å². The van der Waals surface area contributed by atoms with E-state index in [1.807, 2.05) is 19.1 Å². The lowest BCUT2D eigenvalue weighted by Crippen LogP contribution is -2.45. The number of ether oxygens (including phenoxy) is 2. The highest BCUT2D eigenvalue weighted by Crippen LogP contribution is 2.29. The zero-order valence-electron chi connectivity index (χ0n) is 19.1. The van der Waals surface area contributed by atoms with Crippen LogP contribution in [-0.4, -0.2) is 72.9 Å². The highest BCUT2D eigenvalue weighted by atomic mass is 16.5. The van der Waals surface area contributed by atoms with Crippen molar-refractivity contribution >= 4 is 23.6 Å². The van der Waals surface area contributed by atoms with Crippen molar-refractivity contribution in [3.05, 3.63) is 35.5 Å². The van der Waals surface area contributed by atoms with E-state index in [1.165, 1.54) is 0 Å². The number of morpholine rings is 1. The van der Waals surface area contributed by atoms with Gasteiger partial charge in [0, 0.05) is 49.4 Å². The van der Waals surface area contributed by atoms with Crippen molar-refractivity contribution in [2.45, 2.75) is 26.9 Å². The number of rotatable bonds is 5. The number of nitrogens with zero attached hydrogens (tertiary/aromatic N) is 4. The molecule has 1 aromatic heterocycles. The molecule has 4 rings (SSSR count). The van der Waals surface area contributed by atoms with Crippen molar-refractivity contribution < 1.29 is 19.1 Å². The van der Waals surface area contributed by atoms with E-state index < -0.39 is 12.1 Å². The fourth-order valence-corrected chi connectivity index (χ4v) is 3.92. The van der Waals surface area contributed by atoms with E-state index in [-0.39, 0.29) is 6.54 Å². The van der Waals surface area contributed by atoms with Crippen LogP contribution in [0.25, 0.3) is 11.4 Å². The molecule has 0 unspecified atom stereocenters. The van der Waals surface area contributed by atoms with Gasteiger partial charge in [0.1, 0.15) is 5.82 Å². The molecule has 176 valence electrons. The summed E-state index contributed by atoms with van der Waals surface area (Å²) < 4.78 is 11.1. The Hall–Kier alpha value is -3.24. The second kappa shape index (κ2) is 10.6. The van der Waals surface area contributed by atoms with Crippen molar-refractivity contribution in [3.63, 3.8) is 0 Å². The molecule has 10 heteroatoms. The fourth-order valence-electron chi connectivity index (χ4n) is 3.92. The minimum Gasteiger partial charge on any atom is -0.378 e. The Morgan fingerprint density at radius 1 is 1.03 bits per heavy atom. The number of aromatic nitrogens is 2. The van der Waals surface area contributed by atoms with Crippen LogP contribution in [0.2, 0.25) is 0 Å². The van der Waals surface area contributed by atoms with Gasteiger partial charge in [0.15, 0.2) is 5.82 Å². The lowest BCUT2D eigenvalue weighted by molar-refractivity contribution is 0.106. The first-order valence-electron chi connectivity index (χ1n) is 11.4. The number of hydrogen-bond donors (Lipinski definition) is 2. The summed E-state index contributed by atoms with van der Waals surface area (Å²) in [6.45, 7) is 8.40. The van der Waals surface area contributed by atoms with E-state index in [2.05, 4.69) is 15.5 Å². The normalized spacial score (nSPS) is 15.5. The van der Waals surface area contributed by atoms with Gasteiger partial charge in [0.25, 0.3) is 0 Å². The summed E-state index contributed by atoms with van der Waals surface area (Å²) in [4.78, 5) is 37.6. The quantitative estimate of drug-likeness (QED) is 0.715. The van der Waals surface area contributed by atoms with Gasteiger partial charge in [-0.15, -0.1) is 0 Å². The number of anilines is 2. The van der Waals surface area contributed by atoms with Crippen LogP contribution < -0.4 is 15.5 Å². The number of amides is 4. The number of fused-ring (bicyclic) bond motifs is 1. The number of carbonyl (C=O) groups excluding carboxylic acids is 2. The molecule has 2 aromatic rings. The second-order valence-electron chi connectivity index (χ2n) is 7.79. The Balaban J connectivity index is 1.55. The van der Waals surface area contributed by atoms with Crippen molar-refractivity contribution in [1.82, 2.24) is 20.2 Å². The maximum Gasteiger partial charge on any atom is 0.329 e. The van der Waals surface area contributed by atoms with Gasteiger partial charge < -0.3 is 25.0 Å². The van der Waals surface area contributed by atoms with Crippen LogP contribution in [-0.2, 0) is 22.5 Å². The monoisotopic (exact) mass is 454 g/mol. The molecule has 3 heterocycles. The van der Waals surface area contributed by atoms with Gasteiger partial charge in [-0.05, 0) is 38.1 Å². The third kappa shape index (κ3) is 5.23. The Morgan fingerprint density at radius 2 is 1.79 bits per heavy atom. The molecule has 1 saturated heterocycles. The first kappa shape index (κ1) is 22.9. The van der Waals surface area contributed by atoms with Gasteiger partial charge in [-0.1, -0.05) is 0 Å². The lowest BCUT2D eigenvalue weighted by Gasteiger charge is -2.31. The summed E-state index contributed by atoms with van der Waals surface area (Å²) in [5.74, 6) is 1.58. The van der Waals surface area contributed by atoms with Crippen LogP contribution >= 0.6 is 0 Å². The van der Waals surface area contributed by atoms with Gasteiger partial charge in [-0.3, -0.25) is 0 Å². The Bertz CT molecular complexity index is 991. The van der Waals surface area contributed by atoms with Gasteiger partial charge in [-0.25, -0.2) is 24.5 Å². The molecule has 0 bridgehead atoms. The average molecular weight is 455 g/mol. The Labute approximate surface area is 193 Å². The number of hydrogen-bond acceptors (Lipinski definition) is 7. The highest BCUT2D eigenvalue weighted by Gasteiger charge is 2.24. The number of carbonyl (C=O) groups is 2. The largest absolute Gasteiger partial charge is 0.378 e. The number of urea groups is 2. The Kier molecular flexibility index (Phi) is 7.36. The van der Waals surface area contributed by atoms with Crippen LogP contribution in [0.4, 0.5) is 21.1 Å². The SMILES string of the molecule is CCNC(=O)N(CC)C(=O)Nc1ccc(-c2nc3c(c(N4CCOCC4)n2)CCOC3)cc1. The van der Waals surface area contributed by atoms with Crippen molar-refractivity contribution in [2.75, 3.05) is 56.2 Å². The summed E-state index contributed by atoms with van der Waals surface area (Å²) in [7, 11) is 0. The molecule has 0 atom stereocenters. The molecular weight excluding hydrogens is 424 g/mol. The van der Waals surface area contributed by atoms with Gasteiger partial charge >= 0.3 is 12.1 Å². The summed E-state index contributed by atoms with van der Waals surface area (Å²) in [5, 5.41) is 5.41. The first-order chi connectivity index (χ1) is 16.1. The first-order valence-corrected chi connectivity index (χ1v) is 11.4. The summed E-state index contributed by atoms with van der Waals surface area (Å²) >= 11 is 0. The van der Waals surface area contributed by atoms with Gasteiger partial charge in [0.2, 0.25) is 0 Å². The Morgan fingerprint density at radius 3 is 2.48 bits per heavy atom. The van der Waals surface area contributed by atoms with E-state index in [0.29, 0.717) is 44.5 Å². The van der Waals surface area contributed by atoms with Crippen LogP contribution in [0.3, 0.4) is 0 Å². The molecule has 33 heavy (non-hydrogen) atoms. The lowest BCUT2D eigenvalue weighted by atomic mass is 10.1. The fraction of sp³-hybridized carbons (Fsp3) is 0.478. The zero-order valence-corrected chi connectivity index (χ0v) is 19.1. The molecule has 0 spiro atoms. The number of imide groups is 1. The molecular formula is C23H30N6O4. The minimum atomic E-state index is -0.479. The van der Waals surface area contributed by atoms with E-state index >= 15 is 0 Å². The maximum atomic E-state index is 12.5. The minimum absolute atomic E-state index is 0.269. The third-order valence-electron chi connectivity index (χ3n) is 5.65. The summed E-state index contributed by atoms with van der Waals surface area (Å²) in [6.07, 6.45) is 0.798. The third-order valence-corrected chi connectivity index (χ3v) is 5.65. The smallest absolute Gasteiger partial charge is 0.329 e. The summed E-state index contributed by atoms with van der Waals surface area (Å²) in [5.41, 5.74) is 3.50. The molecule has 4 amide bonds. The molecule has 10 nitrogen and oxygen atoms in total. The predicted molar refractivity (Wildman–Crippen MR) is 124 cm³/mol. The van der Waals surface area contributed by atoms with Crippen molar-refractivity contribution in [3.8, 4) is 11.4 Å². The highest BCUT2D eigenvalue weighted by molar-refractivity contribution is 6.00. The molecule has 1 fully saturated rings. The van der Waals surface area contributed by atoms with E-state index in [0.717, 1.165) is 47.0 Å². The summed E-state index contributed by atoms with van der Waals surface area (Å²) in [6, 6.07) is 6.40. The molecule has 1 aromatic carbocycles. The number of nitrogens with one attached hydrogen (secondary N) is 2. The molecule has 0 saturated carbocycles. The standard InChI is InChI=1S/C23H30N6O4/c1-3-24-22(30)29(4-2)23(31)25-17-7-5-16(6-8-17)20-26-19-15-33-12-9-18(19)21(27-20)28-10-13-32-14-11-28/h5-8H,3-4,9-15H2,1-2H3,(H,24,30)(H,25,31). The van der Waals surface area contributed by atoms with E-state index in [1.54, 1.807) is 19.1 Å². The average Bonchev–Trinajstić information content (AvgIpc) is 2.85. The van der Waals surface area contributed by atoms with Crippen LogP contribution in [0.5, 0.6) is 0 Å². The maximum absolute atomic E-state index is 12.5. The topological polar surface area (TPSA) is 109 Å². The molecule has 2 aliphatic rings. The van der Waals surface area contributed by atoms with Gasteiger partial charge in [-0.2, -0.15) is 0 Å². The molecule has 2 N–H and O–H groups in total.